The molecule has 3 aromatic carbocycles. The number of carbonyl (C=O) groups is 1. The predicted molar refractivity (Wildman–Crippen MR) is 219 cm³/mol. The average molecular weight is 903 g/mol. The second kappa shape index (κ2) is 15.9. The van der Waals surface area contributed by atoms with E-state index in [4.69, 9.17) is 22.3 Å². The third-order valence-electron chi connectivity index (χ3n) is 11.3. The number of carbonyl (C=O) groups excluding carboxylic acids is 1. The highest BCUT2D eigenvalue weighted by atomic mass is 35.5. The highest BCUT2D eigenvalue weighted by Gasteiger charge is 2.67. The summed E-state index contributed by atoms with van der Waals surface area (Å²) in [5.41, 5.74) is 5.38. The van der Waals surface area contributed by atoms with Gasteiger partial charge in [-0.05, 0) is 78.9 Å². The minimum Gasteiger partial charge on any atom is -0.386 e. The van der Waals surface area contributed by atoms with Crippen LogP contribution in [0.4, 0.5) is 32.0 Å². The van der Waals surface area contributed by atoms with Crippen molar-refractivity contribution in [2.75, 3.05) is 38.8 Å². The molecule has 2 aliphatic carbocycles. The molecule has 3 aliphatic rings. The van der Waals surface area contributed by atoms with Crippen LogP contribution < -0.4 is 26.3 Å². The molecule has 326 valence electrons. The predicted octanol–water partition coefficient (Wildman–Crippen LogP) is 4.27. The summed E-state index contributed by atoms with van der Waals surface area (Å²) in [4.78, 5) is 36.1. The Morgan fingerprint density at radius 1 is 1.11 bits per heavy atom. The number of benzene rings is 3. The SMILES string of the molecule is CNc1c(-n2c([C@H](Cc3cc(F)cc(F)c3)NC(=O)Cn3nc(C(F)F)c4c3C(F)(F)[C@@H]3C[C@H]43)nc3cc(C4=CCN(C)CC4)ccc3c2=O)ccc(Cl)c1C(N)=[NH+]S(C)(=O)=O. The van der Waals surface area contributed by atoms with Crippen molar-refractivity contribution in [1.82, 2.24) is 29.5 Å². The fourth-order valence-electron chi connectivity index (χ4n) is 8.55. The lowest BCUT2D eigenvalue weighted by Gasteiger charge is -2.25. The van der Waals surface area contributed by atoms with Gasteiger partial charge in [0.2, 0.25) is 5.91 Å². The Kier molecular flexibility index (Phi) is 11.0. The number of nitrogen functional groups attached to an aromatic ring is 1. The molecule has 1 aliphatic heterocycles. The van der Waals surface area contributed by atoms with Crippen LogP contribution in [-0.2, 0) is 33.7 Å². The number of likely N-dealkylation sites (N-methyl/N-ethyl adjacent to an activating group) is 1. The number of anilines is 1. The third kappa shape index (κ3) is 7.94. The van der Waals surface area contributed by atoms with Crippen molar-refractivity contribution in [3.8, 4) is 5.69 Å². The Morgan fingerprint density at radius 3 is 2.48 bits per heavy atom. The van der Waals surface area contributed by atoms with Crippen LogP contribution in [0.3, 0.4) is 0 Å². The molecule has 1 amide bonds. The first kappa shape index (κ1) is 42.9. The summed E-state index contributed by atoms with van der Waals surface area (Å²) in [5.74, 6) is -9.21. The summed E-state index contributed by atoms with van der Waals surface area (Å²) < 4.78 is 117. The van der Waals surface area contributed by atoms with Gasteiger partial charge >= 0.3 is 0 Å². The molecule has 0 bridgehead atoms. The van der Waals surface area contributed by atoms with Gasteiger partial charge in [-0.15, -0.1) is 0 Å². The normalized spacial score (nSPS) is 19.0. The van der Waals surface area contributed by atoms with E-state index >= 15 is 8.78 Å². The smallest absolute Gasteiger partial charge is 0.295 e. The minimum atomic E-state index is -3.95. The van der Waals surface area contributed by atoms with Gasteiger partial charge in [-0.2, -0.15) is 26.7 Å². The van der Waals surface area contributed by atoms with Crippen molar-refractivity contribution in [1.29, 1.82) is 0 Å². The first-order valence-electron chi connectivity index (χ1n) is 19.3. The number of nitrogens with zero attached hydrogens (tertiary/aromatic N) is 5. The minimum absolute atomic E-state index is 0.000165. The highest BCUT2D eigenvalue weighted by Crippen LogP contribution is 2.68. The van der Waals surface area contributed by atoms with E-state index < -0.39 is 93.5 Å². The van der Waals surface area contributed by atoms with Crippen LogP contribution in [0.25, 0.3) is 22.2 Å². The molecule has 3 atom stereocenters. The van der Waals surface area contributed by atoms with Gasteiger partial charge in [-0.25, -0.2) is 22.5 Å². The van der Waals surface area contributed by atoms with Crippen LogP contribution in [0.1, 0.15) is 70.7 Å². The van der Waals surface area contributed by atoms with Gasteiger partial charge in [0.15, 0.2) is 0 Å². The summed E-state index contributed by atoms with van der Waals surface area (Å²) in [6.07, 6.45) is -0.0734. The zero-order valence-electron chi connectivity index (χ0n) is 33.2. The van der Waals surface area contributed by atoms with Crippen LogP contribution in [0.5, 0.6) is 0 Å². The lowest BCUT2D eigenvalue weighted by molar-refractivity contribution is -0.266. The van der Waals surface area contributed by atoms with E-state index in [1.165, 1.54) is 19.2 Å². The van der Waals surface area contributed by atoms with E-state index in [-0.39, 0.29) is 56.2 Å². The molecule has 1 fully saturated rings. The molecular weight excluding hydrogens is 864 g/mol. The molecule has 5 aromatic rings. The number of sulfonamides is 1. The number of amides is 1. The second-order valence-electron chi connectivity index (χ2n) is 15.7. The molecular formula is C41H39ClF6N9O4S+. The van der Waals surface area contributed by atoms with E-state index in [2.05, 4.69) is 25.0 Å². The van der Waals surface area contributed by atoms with Gasteiger partial charge in [-0.3, -0.25) is 24.6 Å². The van der Waals surface area contributed by atoms with Gasteiger partial charge < -0.3 is 15.5 Å². The number of nitrogens with one attached hydrogen (secondary N) is 3. The molecule has 0 saturated heterocycles. The van der Waals surface area contributed by atoms with Crippen molar-refractivity contribution in [3.05, 3.63) is 121 Å². The number of halogens is 7. The fraction of sp³-hybridized carbons (Fsp3) is 0.341. The van der Waals surface area contributed by atoms with Gasteiger partial charge in [-0.1, -0.05) is 23.7 Å². The Hall–Kier alpha value is -5.73. The van der Waals surface area contributed by atoms with E-state index in [0.29, 0.717) is 23.7 Å². The maximum Gasteiger partial charge on any atom is 0.295 e. The number of nitrogens with two attached hydrogens (primary N) is 1. The van der Waals surface area contributed by atoms with Crippen LogP contribution in [0.15, 0.2) is 59.4 Å². The molecule has 5 N–H and O–H groups in total. The molecule has 0 spiro atoms. The van der Waals surface area contributed by atoms with Crippen LogP contribution in [0, 0.1) is 17.6 Å². The Labute approximate surface area is 355 Å². The zero-order chi connectivity index (χ0) is 44.6. The average Bonchev–Trinajstić information content (AvgIpc) is 3.85. The summed E-state index contributed by atoms with van der Waals surface area (Å²) in [5, 5.41) is 9.37. The van der Waals surface area contributed by atoms with Gasteiger partial charge in [0, 0.05) is 44.1 Å². The molecule has 1 saturated carbocycles. The van der Waals surface area contributed by atoms with Crippen LogP contribution >= 0.6 is 11.6 Å². The second-order valence-corrected chi connectivity index (χ2v) is 17.9. The summed E-state index contributed by atoms with van der Waals surface area (Å²) in [6.45, 7) is 0.448. The zero-order valence-corrected chi connectivity index (χ0v) is 34.8. The maximum atomic E-state index is 15.5. The highest BCUT2D eigenvalue weighted by molar-refractivity contribution is 7.84. The van der Waals surface area contributed by atoms with E-state index in [0.717, 1.165) is 40.6 Å². The van der Waals surface area contributed by atoms with E-state index in [1.807, 2.05) is 13.1 Å². The summed E-state index contributed by atoms with van der Waals surface area (Å²) >= 11 is 6.58. The number of hydrogen-bond donors (Lipinski definition) is 4. The summed E-state index contributed by atoms with van der Waals surface area (Å²) in [6, 6.07) is 8.85. The molecule has 21 heteroatoms. The lowest BCUT2D eigenvalue weighted by Crippen LogP contribution is -2.78. The Morgan fingerprint density at radius 2 is 1.84 bits per heavy atom. The first-order valence-corrected chi connectivity index (χ1v) is 21.6. The first-order chi connectivity index (χ1) is 29.2. The number of hydrogen-bond acceptors (Lipinski definition) is 8. The van der Waals surface area contributed by atoms with Crippen LogP contribution in [-0.4, -0.2) is 77.8 Å². The largest absolute Gasteiger partial charge is 0.386 e. The Balaban J connectivity index is 1.34. The fourth-order valence-corrected chi connectivity index (χ4v) is 9.31. The third-order valence-corrected chi connectivity index (χ3v) is 12.2. The van der Waals surface area contributed by atoms with Crippen molar-refractivity contribution in [2.24, 2.45) is 11.7 Å². The van der Waals surface area contributed by atoms with Crippen LogP contribution in [0.2, 0.25) is 5.02 Å². The maximum absolute atomic E-state index is 15.5. The number of fused-ring (bicyclic) bond motifs is 4. The molecule has 2 aromatic heterocycles. The molecule has 13 nitrogen and oxygen atoms in total. The topological polar surface area (TPSA) is 171 Å². The van der Waals surface area contributed by atoms with Crippen molar-refractivity contribution >= 4 is 55.5 Å². The molecule has 8 rings (SSSR count). The summed E-state index contributed by atoms with van der Waals surface area (Å²) in [7, 11) is -0.540. The van der Waals surface area contributed by atoms with Crippen molar-refractivity contribution in [2.45, 2.75) is 50.1 Å². The van der Waals surface area contributed by atoms with Gasteiger partial charge in [0.05, 0.1) is 39.6 Å². The number of alkyl halides is 4. The number of amidine groups is 1. The molecule has 0 unspecified atom stereocenters. The molecule has 62 heavy (non-hydrogen) atoms. The quantitative estimate of drug-likeness (QED) is 0.0812. The van der Waals surface area contributed by atoms with Gasteiger partial charge in [0.1, 0.15) is 41.0 Å². The monoisotopic (exact) mass is 902 g/mol. The van der Waals surface area contributed by atoms with Crippen molar-refractivity contribution in [3.63, 3.8) is 0 Å². The number of aromatic nitrogens is 4. The lowest BCUT2D eigenvalue weighted by atomic mass is 9.98. The Bertz CT molecular complexity index is 2900. The molecule has 3 heterocycles. The molecule has 0 radical (unpaired) electrons. The van der Waals surface area contributed by atoms with Gasteiger partial charge in [0.25, 0.3) is 33.8 Å². The number of rotatable bonds is 12. The van der Waals surface area contributed by atoms with Crippen molar-refractivity contribution < 1.29 is 44.0 Å². The van der Waals surface area contributed by atoms with E-state index in [9.17, 15) is 35.6 Å². The van der Waals surface area contributed by atoms with E-state index in [1.54, 1.807) is 18.2 Å². The standard InChI is InChI=1S/C41H38ClF6N9O4S/c1-50-34-30(7-6-27(42)33(34)38(49)54-62(3,60)61)57-39(52-28-15-21(4-5-24(28)40(57)59)20-8-10-55(2)11-9-20)29(14-19-12-22(43)16-23(44)13-19)51-31(58)18-56-36-32(35(53-56)37(45)46)25-17-26(25)41(36,47)48/h4-8,12-13,15-16,25-26,29,37,50H,9-11,14,17-18H2,1-3H3,(H2,49,54)(H,51,58)/p+1/t25-,26+,29-/m0/s1.